The van der Waals surface area contributed by atoms with E-state index in [4.69, 9.17) is 15.2 Å². The number of rotatable bonds is 11. The van der Waals surface area contributed by atoms with Gasteiger partial charge in [0.15, 0.2) is 11.6 Å². The van der Waals surface area contributed by atoms with Crippen molar-refractivity contribution < 1.29 is 32.6 Å². The number of anilines is 1. The van der Waals surface area contributed by atoms with Crippen LogP contribution < -0.4 is 11.1 Å². The number of unbranched alkanes of at least 4 members (excludes halogenated alkanes) is 1. The highest BCUT2D eigenvalue weighted by Crippen LogP contribution is 2.32. The van der Waals surface area contributed by atoms with Crippen LogP contribution in [0.25, 0.3) is 22.0 Å². The molecule has 3 N–H and O–H groups in total. The minimum absolute atomic E-state index is 0.0723. The van der Waals surface area contributed by atoms with Gasteiger partial charge in [0.25, 0.3) is 5.91 Å². The van der Waals surface area contributed by atoms with Gasteiger partial charge < -0.3 is 30.3 Å². The number of nitrogens with two attached hydrogens (primary N) is 1. The van der Waals surface area contributed by atoms with Crippen molar-refractivity contribution in [2.24, 2.45) is 0 Å². The van der Waals surface area contributed by atoms with Gasteiger partial charge in [-0.05, 0) is 107 Å². The second kappa shape index (κ2) is 15.2. The standard InChI is InChI=1S/C37H42F2N6O5/c1-37(2,3)50-36(48)42-31(12-8-9-15-44(4)5)34(47)49-21-25-17-28(38)29(39)18-26(25)22-13-14-30-27(16-22)32(43-35(40)41-30)33(46)45-19-23-10-6-7-11-24(23)20-45/h6-7,10-11,13-14,16-18,31H,8-9,12,15,19-21H2,1-5H3,(H,42,48)(H2,40,41,43)/t31-/m0/s1. The molecule has 0 spiro atoms. The molecule has 2 heterocycles. The third-order valence-electron chi connectivity index (χ3n) is 8.19. The van der Waals surface area contributed by atoms with Crippen LogP contribution in [0.15, 0.2) is 54.6 Å². The van der Waals surface area contributed by atoms with Gasteiger partial charge in [-0.15, -0.1) is 0 Å². The maximum Gasteiger partial charge on any atom is 0.408 e. The molecule has 2 amide bonds. The molecule has 11 nitrogen and oxygen atoms in total. The number of benzene rings is 3. The Kier molecular flexibility index (Phi) is 11.0. The molecule has 13 heteroatoms. The van der Waals surface area contributed by atoms with E-state index in [1.807, 2.05) is 43.3 Å². The van der Waals surface area contributed by atoms with Gasteiger partial charge in [-0.2, -0.15) is 0 Å². The summed E-state index contributed by atoms with van der Waals surface area (Å²) < 4.78 is 40.3. The Balaban J connectivity index is 1.41. The van der Waals surface area contributed by atoms with Crippen LogP contribution in [0.2, 0.25) is 0 Å². The first-order chi connectivity index (χ1) is 23.7. The monoisotopic (exact) mass is 688 g/mol. The van der Waals surface area contributed by atoms with E-state index < -0.39 is 41.9 Å². The quantitative estimate of drug-likeness (QED) is 0.144. The Labute approximate surface area is 289 Å². The van der Waals surface area contributed by atoms with Crippen LogP contribution in [-0.4, -0.2) is 70.0 Å². The number of nitrogen functional groups attached to an aromatic ring is 1. The van der Waals surface area contributed by atoms with Gasteiger partial charge in [0.1, 0.15) is 23.9 Å². The molecule has 0 bridgehead atoms. The molecule has 0 saturated carbocycles. The first-order valence-electron chi connectivity index (χ1n) is 16.4. The summed E-state index contributed by atoms with van der Waals surface area (Å²) in [6.07, 6.45) is 0.886. The topological polar surface area (TPSA) is 140 Å². The fourth-order valence-electron chi connectivity index (χ4n) is 5.80. The molecule has 5 rings (SSSR count). The van der Waals surface area contributed by atoms with Crippen LogP contribution >= 0.6 is 0 Å². The number of ether oxygens (including phenoxy) is 2. The van der Waals surface area contributed by atoms with Crippen LogP contribution in [0, 0.1) is 11.6 Å². The number of fused-ring (bicyclic) bond motifs is 2. The van der Waals surface area contributed by atoms with Crippen molar-refractivity contribution in [1.29, 1.82) is 0 Å². The van der Waals surface area contributed by atoms with Crippen LogP contribution in [0.5, 0.6) is 0 Å². The summed E-state index contributed by atoms with van der Waals surface area (Å²) in [6.45, 7) is 6.29. The second-order valence-corrected chi connectivity index (χ2v) is 13.6. The molecular formula is C37H42F2N6O5. The van der Waals surface area contributed by atoms with Crippen molar-refractivity contribution >= 4 is 34.8 Å². The van der Waals surface area contributed by atoms with Crippen molar-refractivity contribution in [3.8, 4) is 11.1 Å². The first-order valence-corrected chi connectivity index (χ1v) is 16.4. The number of nitrogens with zero attached hydrogens (tertiary/aromatic N) is 4. The zero-order valence-corrected chi connectivity index (χ0v) is 28.9. The zero-order chi connectivity index (χ0) is 36.2. The molecule has 0 saturated heterocycles. The Morgan fingerprint density at radius 2 is 1.66 bits per heavy atom. The average molecular weight is 689 g/mol. The number of hydrogen-bond donors (Lipinski definition) is 2. The number of alkyl carbamates (subject to hydrolysis) is 1. The molecule has 1 aromatic heterocycles. The second-order valence-electron chi connectivity index (χ2n) is 13.6. The number of nitrogens with one attached hydrogen (secondary N) is 1. The average Bonchev–Trinajstić information content (AvgIpc) is 3.49. The highest BCUT2D eigenvalue weighted by atomic mass is 19.2. The summed E-state index contributed by atoms with van der Waals surface area (Å²) in [4.78, 5) is 51.9. The summed E-state index contributed by atoms with van der Waals surface area (Å²) in [5.41, 5.74) is 8.53. The molecule has 0 aliphatic carbocycles. The molecule has 50 heavy (non-hydrogen) atoms. The lowest BCUT2D eigenvalue weighted by atomic mass is 9.97. The van der Waals surface area contributed by atoms with Crippen molar-refractivity contribution in [2.75, 3.05) is 26.4 Å². The molecule has 1 aliphatic rings. The molecule has 4 aromatic rings. The molecule has 264 valence electrons. The van der Waals surface area contributed by atoms with E-state index in [2.05, 4.69) is 15.3 Å². The van der Waals surface area contributed by atoms with Crippen LogP contribution in [0.3, 0.4) is 0 Å². The lowest BCUT2D eigenvalue weighted by molar-refractivity contribution is -0.147. The summed E-state index contributed by atoms with van der Waals surface area (Å²) in [5.74, 6) is -3.43. The third-order valence-corrected chi connectivity index (χ3v) is 8.19. The highest BCUT2D eigenvalue weighted by molar-refractivity contribution is 6.06. The maximum atomic E-state index is 14.7. The van der Waals surface area contributed by atoms with Gasteiger partial charge in [-0.3, -0.25) is 4.79 Å². The Bertz CT molecular complexity index is 1890. The summed E-state index contributed by atoms with van der Waals surface area (Å²) in [5, 5.41) is 2.96. The fourth-order valence-corrected chi connectivity index (χ4v) is 5.80. The van der Waals surface area contributed by atoms with E-state index in [0.717, 1.165) is 36.2 Å². The maximum absolute atomic E-state index is 14.7. The van der Waals surface area contributed by atoms with Gasteiger partial charge in [0.05, 0.1) is 5.52 Å². The number of amides is 2. The first kappa shape index (κ1) is 36.1. The minimum atomic E-state index is -1.13. The van der Waals surface area contributed by atoms with Gasteiger partial charge in [-0.25, -0.2) is 28.3 Å². The molecule has 1 aliphatic heterocycles. The third kappa shape index (κ3) is 8.89. The van der Waals surface area contributed by atoms with Gasteiger partial charge in [0.2, 0.25) is 5.95 Å². The Hall–Kier alpha value is -5.17. The van der Waals surface area contributed by atoms with Crippen molar-refractivity contribution in [3.05, 3.63) is 88.6 Å². The normalized spacial score (nSPS) is 13.3. The lowest BCUT2D eigenvalue weighted by Crippen LogP contribution is -2.44. The lowest BCUT2D eigenvalue weighted by Gasteiger charge is -2.23. The fraction of sp³-hybridized carbons (Fsp3) is 0.378. The SMILES string of the molecule is CN(C)CCCC[C@H](NC(=O)OC(C)(C)C)C(=O)OCc1cc(F)c(F)cc1-c1ccc2nc(N)nc(C(=O)N3Cc4ccccc4C3)c2c1. The number of halogens is 2. The van der Waals surface area contributed by atoms with Crippen molar-refractivity contribution in [1.82, 2.24) is 25.1 Å². The van der Waals surface area contributed by atoms with E-state index in [1.54, 1.807) is 43.9 Å². The largest absolute Gasteiger partial charge is 0.459 e. The summed E-state index contributed by atoms with van der Waals surface area (Å²) in [7, 11) is 3.88. The molecule has 0 radical (unpaired) electrons. The highest BCUT2D eigenvalue weighted by Gasteiger charge is 2.28. The number of carbonyl (C=O) groups excluding carboxylic acids is 3. The summed E-state index contributed by atoms with van der Waals surface area (Å²) in [6, 6.07) is 13.5. The van der Waals surface area contributed by atoms with Crippen LogP contribution in [0.4, 0.5) is 19.5 Å². The Morgan fingerprint density at radius 1 is 0.980 bits per heavy atom. The van der Waals surface area contributed by atoms with Crippen LogP contribution in [0.1, 0.15) is 67.2 Å². The number of aromatic nitrogens is 2. The van der Waals surface area contributed by atoms with Crippen LogP contribution in [-0.2, 0) is 34.0 Å². The molecule has 1 atom stereocenters. The van der Waals surface area contributed by atoms with Gasteiger partial charge in [-0.1, -0.05) is 30.3 Å². The van der Waals surface area contributed by atoms with Gasteiger partial charge in [0, 0.05) is 24.0 Å². The van der Waals surface area contributed by atoms with Gasteiger partial charge >= 0.3 is 12.1 Å². The van der Waals surface area contributed by atoms with E-state index >= 15 is 0 Å². The predicted octanol–water partition coefficient (Wildman–Crippen LogP) is 5.98. The van der Waals surface area contributed by atoms with E-state index in [0.29, 0.717) is 36.0 Å². The van der Waals surface area contributed by atoms with E-state index in [-0.39, 0.29) is 35.1 Å². The Morgan fingerprint density at radius 3 is 2.32 bits per heavy atom. The van der Waals surface area contributed by atoms with E-state index in [1.165, 1.54) is 0 Å². The van der Waals surface area contributed by atoms with E-state index in [9.17, 15) is 23.2 Å². The minimum Gasteiger partial charge on any atom is -0.459 e. The molecular weight excluding hydrogens is 646 g/mol. The van der Waals surface area contributed by atoms with Crippen molar-refractivity contribution in [3.63, 3.8) is 0 Å². The molecule has 0 unspecified atom stereocenters. The summed E-state index contributed by atoms with van der Waals surface area (Å²) >= 11 is 0. The zero-order valence-electron chi connectivity index (χ0n) is 28.9. The number of esters is 1. The molecule has 0 fully saturated rings. The van der Waals surface area contributed by atoms with Crippen molar-refractivity contribution in [2.45, 2.75) is 71.4 Å². The smallest absolute Gasteiger partial charge is 0.408 e. The predicted molar refractivity (Wildman–Crippen MR) is 185 cm³/mol. The number of carbonyl (C=O) groups is 3. The number of hydrogen-bond acceptors (Lipinski definition) is 9. The molecule has 3 aromatic carbocycles.